The summed E-state index contributed by atoms with van der Waals surface area (Å²) >= 11 is 0. The Morgan fingerprint density at radius 3 is 2.14 bits per heavy atom. The molecule has 1 amide bonds. The lowest BCUT2D eigenvalue weighted by Crippen LogP contribution is -2.27. The topological polar surface area (TPSA) is 84.5 Å². The Morgan fingerprint density at radius 2 is 1.50 bits per heavy atom. The summed E-state index contributed by atoms with van der Waals surface area (Å²) in [4.78, 5) is 13.3. The number of sulfonamides is 1. The Bertz CT molecular complexity index is 1390. The van der Waals surface area contributed by atoms with Gasteiger partial charge >= 0.3 is 0 Å². The van der Waals surface area contributed by atoms with Crippen LogP contribution in [-0.2, 0) is 10.0 Å². The maximum Gasteiger partial charge on any atom is 0.262 e. The highest BCUT2D eigenvalue weighted by atomic mass is 32.2. The summed E-state index contributed by atoms with van der Waals surface area (Å²) in [6, 6.07) is 14.1. The van der Waals surface area contributed by atoms with Crippen molar-refractivity contribution in [3.05, 3.63) is 87.5 Å². The number of anilines is 1. The maximum atomic E-state index is 13.3. The first kappa shape index (κ1) is 27.3. The Morgan fingerprint density at radius 1 is 0.833 bits per heavy atom. The molecule has 0 unspecified atom stereocenters. The second-order valence-corrected chi connectivity index (χ2v) is 11.4. The van der Waals surface area contributed by atoms with Gasteiger partial charge in [-0.3, -0.25) is 9.52 Å². The van der Waals surface area contributed by atoms with Gasteiger partial charge in [0.25, 0.3) is 15.9 Å². The van der Waals surface area contributed by atoms with E-state index in [-0.39, 0.29) is 28.3 Å². The lowest BCUT2D eigenvalue weighted by atomic mass is 9.93. The first-order valence-corrected chi connectivity index (χ1v) is 13.5. The van der Waals surface area contributed by atoms with Crippen LogP contribution in [0.25, 0.3) is 0 Å². The van der Waals surface area contributed by atoms with Crippen LogP contribution in [0, 0.1) is 27.7 Å². The molecule has 36 heavy (non-hydrogen) atoms. The van der Waals surface area contributed by atoms with Crippen LogP contribution in [-0.4, -0.2) is 21.4 Å². The number of carbonyl (C=O) groups is 1. The number of hydrogen-bond acceptors (Lipinski definition) is 4. The minimum absolute atomic E-state index is 0.0754. The molecule has 0 aliphatic heterocycles. The zero-order chi connectivity index (χ0) is 26.8. The Balaban J connectivity index is 1.89. The number of amides is 1. The van der Waals surface area contributed by atoms with Crippen LogP contribution in [0.4, 0.5) is 5.69 Å². The van der Waals surface area contributed by atoms with Gasteiger partial charge in [-0.1, -0.05) is 32.0 Å². The number of rotatable bonds is 8. The van der Waals surface area contributed by atoms with Gasteiger partial charge in [-0.2, -0.15) is 0 Å². The van der Waals surface area contributed by atoms with E-state index in [0.29, 0.717) is 11.3 Å². The fourth-order valence-electron chi connectivity index (χ4n) is 4.24. The van der Waals surface area contributed by atoms with E-state index < -0.39 is 10.0 Å². The standard InChI is InChI=1S/C29H36N2O4S/c1-17(2)24-16-25(21(6)14-27(24)35-8)22(7)30-29(32)23-12-11-20(5)28(15-23)36(33,34)31-26-13-18(3)9-10-19(26)4/h9-17,22,31H,1-8H3,(H,30,32)/t22-/m0/s1. The number of carbonyl (C=O) groups excluding carboxylic acids is 1. The molecule has 0 spiro atoms. The SMILES string of the molecule is COc1cc(C)c([C@H](C)NC(=O)c2ccc(C)c(S(=O)(=O)Nc3cc(C)ccc3C)c2)cc1C(C)C. The second kappa shape index (κ2) is 10.7. The zero-order valence-electron chi connectivity index (χ0n) is 22.3. The predicted octanol–water partition coefficient (Wildman–Crippen LogP) is 6.34. The summed E-state index contributed by atoms with van der Waals surface area (Å²) in [5.74, 6) is 0.748. The number of methoxy groups -OCH3 is 1. The van der Waals surface area contributed by atoms with Crippen LogP contribution in [0.15, 0.2) is 53.4 Å². The van der Waals surface area contributed by atoms with Gasteiger partial charge in [-0.05, 0) is 104 Å². The molecule has 0 aliphatic rings. The molecule has 3 aromatic carbocycles. The molecule has 0 aliphatic carbocycles. The molecule has 0 saturated heterocycles. The van der Waals surface area contributed by atoms with Crippen molar-refractivity contribution in [3.63, 3.8) is 0 Å². The average molecular weight is 509 g/mol. The minimum atomic E-state index is -3.89. The third kappa shape index (κ3) is 5.90. The number of benzene rings is 3. The monoisotopic (exact) mass is 508 g/mol. The normalized spacial score (nSPS) is 12.4. The molecular formula is C29H36N2O4S. The quantitative estimate of drug-likeness (QED) is 0.372. The molecule has 7 heteroatoms. The van der Waals surface area contributed by atoms with Crippen LogP contribution in [0.5, 0.6) is 5.75 Å². The summed E-state index contributed by atoms with van der Waals surface area (Å²) < 4.78 is 34.7. The molecule has 3 rings (SSSR count). The van der Waals surface area contributed by atoms with Crippen molar-refractivity contribution in [3.8, 4) is 5.75 Å². The van der Waals surface area contributed by atoms with E-state index in [1.165, 1.54) is 6.07 Å². The van der Waals surface area contributed by atoms with Gasteiger partial charge in [0.1, 0.15) is 5.75 Å². The van der Waals surface area contributed by atoms with E-state index in [0.717, 1.165) is 33.6 Å². The van der Waals surface area contributed by atoms with Crippen LogP contribution >= 0.6 is 0 Å². The molecule has 0 bridgehead atoms. The molecule has 0 saturated carbocycles. The van der Waals surface area contributed by atoms with E-state index in [4.69, 9.17) is 4.74 Å². The Labute approximate surface area is 215 Å². The summed E-state index contributed by atoms with van der Waals surface area (Å²) in [5.41, 5.74) is 6.20. The molecule has 0 heterocycles. The molecule has 2 N–H and O–H groups in total. The van der Waals surface area contributed by atoms with Gasteiger partial charge < -0.3 is 10.1 Å². The zero-order valence-corrected chi connectivity index (χ0v) is 23.1. The lowest BCUT2D eigenvalue weighted by Gasteiger charge is -2.21. The van der Waals surface area contributed by atoms with Gasteiger partial charge in [0, 0.05) is 5.56 Å². The largest absolute Gasteiger partial charge is 0.496 e. The molecule has 6 nitrogen and oxygen atoms in total. The fourth-order valence-corrected chi connectivity index (χ4v) is 5.64. The predicted molar refractivity (Wildman–Crippen MR) is 146 cm³/mol. The van der Waals surface area contributed by atoms with Gasteiger partial charge in [-0.15, -0.1) is 0 Å². The van der Waals surface area contributed by atoms with E-state index in [1.807, 2.05) is 45.9 Å². The Kier molecular flexibility index (Phi) is 8.14. The smallest absolute Gasteiger partial charge is 0.262 e. The highest BCUT2D eigenvalue weighted by Crippen LogP contribution is 2.32. The minimum Gasteiger partial charge on any atom is -0.496 e. The van der Waals surface area contributed by atoms with Gasteiger partial charge in [0.05, 0.1) is 23.7 Å². The highest BCUT2D eigenvalue weighted by Gasteiger charge is 2.22. The molecule has 0 aromatic heterocycles. The first-order valence-electron chi connectivity index (χ1n) is 12.0. The van der Waals surface area contributed by atoms with Crippen LogP contribution in [0.3, 0.4) is 0 Å². The molecule has 0 radical (unpaired) electrons. The van der Waals surface area contributed by atoms with Crippen molar-refractivity contribution in [2.24, 2.45) is 0 Å². The lowest BCUT2D eigenvalue weighted by molar-refractivity contribution is 0.0939. The third-order valence-corrected chi connectivity index (χ3v) is 7.94. The van der Waals surface area contributed by atoms with Gasteiger partial charge in [-0.25, -0.2) is 8.42 Å². The number of aryl methyl sites for hydroxylation is 4. The highest BCUT2D eigenvalue weighted by molar-refractivity contribution is 7.92. The second-order valence-electron chi connectivity index (χ2n) is 9.70. The molecular weight excluding hydrogens is 472 g/mol. The summed E-state index contributed by atoms with van der Waals surface area (Å²) in [6.07, 6.45) is 0. The van der Waals surface area contributed by atoms with Crippen LogP contribution < -0.4 is 14.8 Å². The summed E-state index contributed by atoms with van der Waals surface area (Å²) in [7, 11) is -2.24. The van der Waals surface area contributed by atoms with Crippen molar-refractivity contribution >= 4 is 21.6 Å². The number of ether oxygens (including phenoxy) is 1. The third-order valence-electron chi connectivity index (χ3n) is 6.43. The van der Waals surface area contributed by atoms with Crippen LogP contribution in [0.2, 0.25) is 0 Å². The van der Waals surface area contributed by atoms with Crippen molar-refractivity contribution in [2.45, 2.75) is 65.3 Å². The first-order chi connectivity index (χ1) is 16.8. The summed E-state index contributed by atoms with van der Waals surface area (Å²) in [6.45, 7) is 13.6. The summed E-state index contributed by atoms with van der Waals surface area (Å²) in [5, 5.41) is 3.03. The molecule has 3 aromatic rings. The van der Waals surface area contributed by atoms with Crippen LogP contribution in [0.1, 0.15) is 76.5 Å². The van der Waals surface area contributed by atoms with Crippen molar-refractivity contribution < 1.29 is 17.9 Å². The number of hydrogen-bond donors (Lipinski definition) is 2. The number of nitrogens with one attached hydrogen (secondary N) is 2. The van der Waals surface area contributed by atoms with E-state index in [1.54, 1.807) is 32.2 Å². The van der Waals surface area contributed by atoms with Crippen molar-refractivity contribution in [2.75, 3.05) is 11.8 Å². The molecule has 1 atom stereocenters. The van der Waals surface area contributed by atoms with E-state index in [2.05, 4.69) is 30.0 Å². The van der Waals surface area contributed by atoms with Gasteiger partial charge in [0.15, 0.2) is 0 Å². The van der Waals surface area contributed by atoms with E-state index >= 15 is 0 Å². The van der Waals surface area contributed by atoms with Gasteiger partial charge in [0.2, 0.25) is 0 Å². The van der Waals surface area contributed by atoms with Crippen molar-refractivity contribution in [1.29, 1.82) is 0 Å². The van der Waals surface area contributed by atoms with E-state index in [9.17, 15) is 13.2 Å². The maximum absolute atomic E-state index is 13.3. The average Bonchev–Trinajstić information content (AvgIpc) is 2.80. The van der Waals surface area contributed by atoms with Crippen molar-refractivity contribution in [1.82, 2.24) is 5.32 Å². The fraction of sp³-hybridized carbons (Fsp3) is 0.345. The molecule has 192 valence electrons. The Hall–Kier alpha value is -3.32. The molecule has 0 fully saturated rings.